The molecule has 164 valence electrons. The standard InChI is InChI=1S/C23H23Br2FN2O3/c1-14(29)16-11-19(24)23(20(25)12-16)30-10-2-7-28-8-5-15(6-9-28)22-18-4-3-17(26)13-21(18)31-27-22/h3-4,11-13,15H,2,5-10H2,1H3. The zero-order valence-electron chi connectivity index (χ0n) is 17.2. The molecule has 0 spiro atoms. The largest absolute Gasteiger partial charge is 0.491 e. The van der Waals surface area contributed by atoms with E-state index in [2.05, 4.69) is 41.9 Å². The zero-order valence-corrected chi connectivity index (χ0v) is 20.3. The quantitative estimate of drug-likeness (QED) is 0.252. The van der Waals surface area contributed by atoms with E-state index in [1.807, 2.05) is 0 Å². The van der Waals surface area contributed by atoms with Gasteiger partial charge in [-0.25, -0.2) is 4.39 Å². The maximum absolute atomic E-state index is 13.4. The Kier molecular flexibility index (Phi) is 7.08. The summed E-state index contributed by atoms with van der Waals surface area (Å²) in [6.45, 7) is 5.07. The van der Waals surface area contributed by atoms with Crippen LogP contribution in [0.2, 0.25) is 0 Å². The second-order valence-electron chi connectivity index (χ2n) is 7.85. The number of halogens is 3. The number of piperidine rings is 1. The van der Waals surface area contributed by atoms with Gasteiger partial charge >= 0.3 is 0 Å². The number of carbonyl (C=O) groups is 1. The second-order valence-corrected chi connectivity index (χ2v) is 9.56. The molecule has 0 atom stereocenters. The van der Waals surface area contributed by atoms with Crippen LogP contribution >= 0.6 is 31.9 Å². The lowest BCUT2D eigenvalue weighted by atomic mass is 9.91. The predicted octanol–water partition coefficient (Wildman–Crippen LogP) is 6.34. The number of ketones is 1. The lowest BCUT2D eigenvalue weighted by molar-refractivity contribution is 0.101. The predicted molar refractivity (Wildman–Crippen MR) is 124 cm³/mol. The van der Waals surface area contributed by atoms with Crippen LogP contribution in [0.4, 0.5) is 4.39 Å². The van der Waals surface area contributed by atoms with E-state index in [4.69, 9.17) is 9.26 Å². The first-order chi connectivity index (χ1) is 14.9. The molecule has 31 heavy (non-hydrogen) atoms. The molecule has 0 saturated carbocycles. The molecule has 0 radical (unpaired) electrons. The average Bonchev–Trinajstić information content (AvgIpc) is 3.16. The van der Waals surface area contributed by atoms with E-state index >= 15 is 0 Å². The molecule has 1 saturated heterocycles. The molecule has 0 aliphatic carbocycles. The van der Waals surface area contributed by atoms with Crippen molar-refractivity contribution in [1.29, 1.82) is 0 Å². The summed E-state index contributed by atoms with van der Waals surface area (Å²) >= 11 is 6.98. The first kappa shape index (κ1) is 22.4. The van der Waals surface area contributed by atoms with Crippen molar-refractivity contribution in [3.05, 3.63) is 56.4 Å². The van der Waals surface area contributed by atoms with E-state index in [9.17, 15) is 9.18 Å². The number of nitrogens with zero attached hydrogens (tertiary/aromatic N) is 2. The highest BCUT2D eigenvalue weighted by Gasteiger charge is 2.25. The van der Waals surface area contributed by atoms with Gasteiger partial charge in [-0.15, -0.1) is 0 Å². The first-order valence-corrected chi connectivity index (χ1v) is 11.9. The Balaban J connectivity index is 1.25. The average molecular weight is 554 g/mol. The molecule has 5 nitrogen and oxygen atoms in total. The van der Waals surface area contributed by atoms with Crippen LogP contribution in [-0.4, -0.2) is 42.1 Å². The molecule has 0 unspecified atom stereocenters. The van der Waals surface area contributed by atoms with Crippen molar-refractivity contribution in [2.24, 2.45) is 0 Å². The van der Waals surface area contributed by atoms with Gasteiger partial charge in [0.05, 0.1) is 21.2 Å². The van der Waals surface area contributed by atoms with Crippen LogP contribution in [0, 0.1) is 5.82 Å². The van der Waals surface area contributed by atoms with Crippen molar-refractivity contribution >= 4 is 48.6 Å². The van der Waals surface area contributed by atoms with E-state index in [1.54, 1.807) is 25.1 Å². The van der Waals surface area contributed by atoms with Crippen molar-refractivity contribution in [3.8, 4) is 5.75 Å². The molecule has 0 bridgehead atoms. The minimum Gasteiger partial charge on any atom is -0.491 e. The number of hydrogen-bond acceptors (Lipinski definition) is 5. The molecule has 1 aromatic heterocycles. The van der Waals surface area contributed by atoms with Crippen LogP contribution in [0.1, 0.15) is 48.2 Å². The molecule has 1 fully saturated rings. The third-order valence-electron chi connectivity index (χ3n) is 5.71. The van der Waals surface area contributed by atoms with Crippen molar-refractivity contribution in [3.63, 3.8) is 0 Å². The number of rotatable bonds is 7. The van der Waals surface area contributed by atoms with Gasteiger partial charge in [0, 0.05) is 29.5 Å². The minimum absolute atomic E-state index is 0.0159. The highest BCUT2D eigenvalue weighted by Crippen LogP contribution is 2.35. The van der Waals surface area contributed by atoms with Gasteiger partial charge in [-0.05, 0) is 95.4 Å². The van der Waals surface area contributed by atoms with E-state index in [1.165, 1.54) is 12.1 Å². The first-order valence-electron chi connectivity index (χ1n) is 10.3. The Bertz CT molecular complexity index is 1070. The Morgan fingerprint density at radius 2 is 1.94 bits per heavy atom. The van der Waals surface area contributed by atoms with E-state index in [-0.39, 0.29) is 11.6 Å². The highest BCUT2D eigenvalue weighted by atomic mass is 79.9. The van der Waals surface area contributed by atoms with Crippen LogP contribution in [0.5, 0.6) is 5.75 Å². The lowest BCUT2D eigenvalue weighted by Gasteiger charge is -2.31. The smallest absolute Gasteiger partial charge is 0.170 e. The molecular weight excluding hydrogens is 531 g/mol. The summed E-state index contributed by atoms with van der Waals surface area (Å²) < 4.78 is 26.2. The lowest BCUT2D eigenvalue weighted by Crippen LogP contribution is -2.34. The fourth-order valence-electron chi connectivity index (χ4n) is 4.02. The molecular formula is C23H23Br2FN2O3. The second kappa shape index (κ2) is 9.79. The topological polar surface area (TPSA) is 55.6 Å². The van der Waals surface area contributed by atoms with Crippen LogP contribution in [0.15, 0.2) is 43.8 Å². The fraction of sp³-hybridized carbons (Fsp3) is 0.391. The van der Waals surface area contributed by atoms with Gasteiger partial charge in [-0.3, -0.25) is 4.79 Å². The number of benzene rings is 2. The maximum Gasteiger partial charge on any atom is 0.170 e. The van der Waals surface area contributed by atoms with Gasteiger partial charge in [-0.1, -0.05) is 5.16 Å². The van der Waals surface area contributed by atoms with Crippen LogP contribution < -0.4 is 4.74 Å². The van der Waals surface area contributed by atoms with Crippen molar-refractivity contribution < 1.29 is 18.4 Å². The molecule has 0 amide bonds. The third-order valence-corrected chi connectivity index (χ3v) is 6.88. The van der Waals surface area contributed by atoms with E-state index in [0.717, 1.165) is 64.7 Å². The third kappa shape index (κ3) is 5.18. The Morgan fingerprint density at radius 1 is 1.23 bits per heavy atom. The summed E-state index contributed by atoms with van der Waals surface area (Å²) in [5, 5.41) is 5.13. The normalized spacial score (nSPS) is 15.5. The molecule has 1 aliphatic heterocycles. The SMILES string of the molecule is CC(=O)c1cc(Br)c(OCCCN2CCC(c3noc4cc(F)ccc34)CC2)c(Br)c1. The molecule has 0 N–H and O–H groups in total. The van der Waals surface area contributed by atoms with Gasteiger partial charge in [-0.2, -0.15) is 0 Å². The minimum atomic E-state index is -0.305. The monoisotopic (exact) mass is 552 g/mol. The Hall–Kier alpha value is -1.77. The molecule has 4 rings (SSSR count). The number of Topliss-reactive ketones (excluding diaryl/α,β-unsaturated/α-hetero) is 1. The van der Waals surface area contributed by atoms with Crippen molar-refractivity contribution in [1.82, 2.24) is 10.1 Å². The fourth-order valence-corrected chi connectivity index (χ4v) is 5.43. The number of aromatic nitrogens is 1. The van der Waals surface area contributed by atoms with Crippen molar-refractivity contribution in [2.75, 3.05) is 26.2 Å². The van der Waals surface area contributed by atoms with Crippen molar-refractivity contribution in [2.45, 2.75) is 32.1 Å². The van der Waals surface area contributed by atoms with Gasteiger partial charge in [0.25, 0.3) is 0 Å². The molecule has 1 aliphatic rings. The highest BCUT2D eigenvalue weighted by molar-refractivity contribution is 9.11. The van der Waals surface area contributed by atoms with Crippen LogP contribution in [0.3, 0.4) is 0 Å². The van der Waals surface area contributed by atoms with Crippen LogP contribution in [0.25, 0.3) is 11.0 Å². The van der Waals surface area contributed by atoms with Gasteiger partial charge in [0.15, 0.2) is 11.4 Å². The Morgan fingerprint density at radius 3 is 2.61 bits per heavy atom. The molecule has 8 heteroatoms. The Labute approximate surface area is 197 Å². The summed E-state index contributed by atoms with van der Waals surface area (Å²) in [4.78, 5) is 14.0. The van der Waals surface area contributed by atoms with Crippen LogP contribution in [-0.2, 0) is 0 Å². The number of carbonyl (C=O) groups excluding carboxylic acids is 1. The van der Waals surface area contributed by atoms with Gasteiger partial charge in [0.1, 0.15) is 11.6 Å². The van der Waals surface area contributed by atoms with Gasteiger partial charge in [0.2, 0.25) is 0 Å². The molecule has 2 aromatic carbocycles. The summed E-state index contributed by atoms with van der Waals surface area (Å²) in [5.74, 6) is 0.771. The summed E-state index contributed by atoms with van der Waals surface area (Å²) in [6, 6.07) is 8.19. The van der Waals surface area contributed by atoms with Gasteiger partial charge < -0.3 is 14.2 Å². The van der Waals surface area contributed by atoms with E-state index in [0.29, 0.717) is 23.7 Å². The zero-order chi connectivity index (χ0) is 22.0. The number of likely N-dealkylation sites (tertiary alicyclic amines) is 1. The molecule has 3 aromatic rings. The molecule has 2 heterocycles. The summed E-state index contributed by atoms with van der Waals surface area (Å²) in [7, 11) is 0. The summed E-state index contributed by atoms with van der Waals surface area (Å²) in [5.41, 5.74) is 2.10. The number of ether oxygens (including phenoxy) is 1. The van der Waals surface area contributed by atoms with E-state index < -0.39 is 0 Å². The number of hydrogen-bond donors (Lipinski definition) is 0. The number of fused-ring (bicyclic) bond motifs is 1. The summed E-state index contributed by atoms with van der Waals surface area (Å²) in [6.07, 6.45) is 2.91. The maximum atomic E-state index is 13.4.